The first kappa shape index (κ1) is 15.2. The average molecular weight is 302 g/mol. The molecule has 0 spiro atoms. The maximum Gasteiger partial charge on any atom is 0.436 e. The number of nitrogens with one attached hydrogen (secondary N) is 1. The first-order valence-electron chi connectivity index (χ1n) is 4.95. The van der Waals surface area contributed by atoms with E-state index in [0.717, 1.165) is 4.68 Å². The molecule has 1 aromatic heterocycles. The van der Waals surface area contributed by atoms with E-state index in [1.54, 1.807) is 0 Å². The van der Waals surface area contributed by atoms with Gasteiger partial charge in [-0.05, 0) is 6.92 Å². The highest BCUT2D eigenvalue weighted by Crippen LogP contribution is 2.35. The number of carbonyl (C=O) groups excluding carboxylic acids is 1. The predicted octanol–water partition coefficient (Wildman–Crippen LogP) is 1.91. The van der Waals surface area contributed by atoms with Gasteiger partial charge in [0, 0.05) is 12.3 Å². The molecule has 0 bridgehead atoms. The molecule has 0 aliphatic heterocycles. The van der Waals surface area contributed by atoms with Gasteiger partial charge in [0.15, 0.2) is 5.69 Å². The van der Waals surface area contributed by atoms with Gasteiger partial charge in [-0.1, -0.05) is 11.6 Å². The number of hydrogen-bond donors (Lipinski definition) is 2. The maximum absolute atomic E-state index is 12.5. The number of carbonyl (C=O) groups is 1. The lowest BCUT2D eigenvalue weighted by molar-refractivity contribution is -0.141. The topological polar surface area (TPSA) is 46.9 Å². The molecule has 0 aliphatic carbocycles. The molecule has 0 saturated heterocycles. The Bertz CT molecular complexity index is 447. The number of halogens is 4. The summed E-state index contributed by atoms with van der Waals surface area (Å²) in [5.41, 5.74) is -1.08. The molecular formula is C9H11ClF3N3OS. The van der Waals surface area contributed by atoms with Crippen molar-refractivity contribution in [1.82, 2.24) is 15.1 Å². The van der Waals surface area contributed by atoms with Crippen molar-refractivity contribution >= 4 is 30.1 Å². The first-order chi connectivity index (χ1) is 8.27. The predicted molar refractivity (Wildman–Crippen MR) is 63.8 cm³/mol. The molecule has 0 unspecified atom stereocenters. The molecule has 0 aromatic carbocycles. The Morgan fingerprint density at radius 1 is 1.56 bits per heavy atom. The monoisotopic (exact) mass is 301 g/mol. The van der Waals surface area contributed by atoms with Crippen LogP contribution in [0.25, 0.3) is 0 Å². The van der Waals surface area contributed by atoms with E-state index in [-0.39, 0.29) is 12.2 Å². The number of aromatic nitrogens is 2. The van der Waals surface area contributed by atoms with Gasteiger partial charge in [-0.2, -0.15) is 30.9 Å². The molecule has 1 N–H and O–H groups in total. The summed E-state index contributed by atoms with van der Waals surface area (Å²) in [4.78, 5) is 11.4. The van der Waals surface area contributed by atoms with Gasteiger partial charge >= 0.3 is 6.18 Å². The summed E-state index contributed by atoms with van der Waals surface area (Å²) in [7, 11) is 0. The van der Waals surface area contributed by atoms with Gasteiger partial charge in [-0.15, -0.1) is 0 Å². The van der Waals surface area contributed by atoms with E-state index in [9.17, 15) is 18.0 Å². The Hall–Kier alpha value is -0.890. The summed E-state index contributed by atoms with van der Waals surface area (Å²) >= 11 is 9.43. The molecular weight excluding hydrogens is 291 g/mol. The van der Waals surface area contributed by atoms with Crippen molar-refractivity contribution in [3.63, 3.8) is 0 Å². The van der Waals surface area contributed by atoms with Crippen molar-refractivity contribution in [2.45, 2.75) is 19.6 Å². The fourth-order valence-electron chi connectivity index (χ4n) is 1.25. The van der Waals surface area contributed by atoms with Gasteiger partial charge in [-0.25, -0.2) is 0 Å². The third-order valence-corrected chi connectivity index (χ3v) is 2.81. The van der Waals surface area contributed by atoms with Crippen LogP contribution in [0.5, 0.6) is 0 Å². The van der Waals surface area contributed by atoms with Gasteiger partial charge in [0.1, 0.15) is 6.54 Å². The lowest BCUT2D eigenvalue weighted by Gasteiger charge is -2.05. The molecule has 0 aliphatic rings. The van der Waals surface area contributed by atoms with Crippen molar-refractivity contribution in [2.24, 2.45) is 0 Å². The highest BCUT2D eigenvalue weighted by Gasteiger charge is 2.38. The summed E-state index contributed by atoms with van der Waals surface area (Å²) < 4.78 is 38.5. The van der Waals surface area contributed by atoms with Crippen LogP contribution >= 0.6 is 24.2 Å². The largest absolute Gasteiger partial charge is 0.436 e. The fourth-order valence-corrected chi connectivity index (χ4v) is 1.60. The van der Waals surface area contributed by atoms with Crippen LogP contribution in [-0.4, -0.2) is 28.0 Å². The van der Waals surface area contributed by atoms with Crippen LogP contribution in [0, 0.1) is 6.92 Å². The molecule has 4 nitrogen and oxygen atoms in total. The molecule has 18 heavy (non-hydrogen) atoms. The SMILES string of the molecule is Cc1c(Cl)c(C(F)(F)F)nn1CC(=O)NCCS. The number of alkyl halides is 3. The Labute approximate surface area is 112 Å². The second kappa shape index (κ2) is 5.83. The molecule has 1 aromatic rings. The molecule has 1 rings (SSSR count). The summed E-state index contributed by atoms with van der Waals surface area (Å²) in [5, 5.41) is 5.30. The van der Waals surface area contributed by atoms with Crippen molar-refractivity contribution in [2.75, 3.05) is 12.3 Å². The van der Waals surface area contributed by atoms with Gasteiger partial charge < -0.3 is 5.32 Å². The highest BCUT2D eigenvalue weighted by molar-refractivity contribution is 7.80. The minimum atomic E-state index is -4.63. The van der Waals surface area contributed by atoms with Crippen LogP contribution < -0.4 is 5.32 Å². The molecule has 0 radical (unpaired) electrons. The van der Waals surface area contributed by atoms with Crippen LogP contribution in [0.2, 0.25) is 5.02 Å². The second-order valence-electron chi connectivity index (χ2n) is 3.48. The standard InChI is InChI=1S/C9H11ClF3N3OS/c1-5-7(10)8(9(11,12)13)15-16(5)4-6(17)14-2-3-18/h18H,2-4H2,1H3,(H,14,17). The van der Waals surface area contributed by atoms with Crippen LogP contribution in [0.1, 0.15) is 11.4 Å². The zero-order valence-electron chi connectivity index (χ0n) is 9.38. The molecule has 0 atom stereocenters. The lowest BCUT2D eigenvalue weighted by Crippen LogP contribution is -2.30. The fraction of sp³-hybridized carbons (Fsp3) is 0.556. The zero-order chi connectivity index (χ0) is 13.9. The molecule has 102 valence electrons. The molecule has 1 amide bonds. The number of amides is 1. The molecule has 1 heterocycles. The highest BCUT2D eigenvalue weighted by atomic mass is 35.5. The summed E-state index contributed by atoms with van der Waals surface area (Å²) in [6.07, 6.45) is -4.63. The third kappa shape index (κ3) is 3.55. The second-order valence-corrected chi connectivity index (χ2v) is 4.30. The van der Waals surface area contributed by atoms with E-state index >= 15 is 0 Å². The van der Waals surface area contributed by atoms with Crippen molar-refractivity contribution in [3.8, 4) is 0 Å². The van der Waals surface area contributed by atoms with E-state index in [1.807, 2.05) is 0 Å². The normalized spacial score (nSPS) is 11.7. The number of thiol groups is 1. The molecule has 0 fully saturated rings. The third-order valence-electron chi connectivity index (χ3n) is 2.13. The Morgan fingerprint density at radius 3 is 2.61 bits per heavy atom. The Morgan fingerprint density at radius 2 is 2.17 bits per heavy atom. The van der Waals surface area contributed by atoms with E-state index in [4.69, 9.17) is 11.6 Å². The van der Waals surface area contributed by atoms with Gasteiger partial charge in [-0.3, -0.25) is 9.48 Å². The van der Waals surface area contributed by atoms with Crippen LogP contribution in [0.4, 0.5) is 13.2 Å². The average Bonchev–Trinajstić information content (AvgIpc) is 2.54. The summed E-state index contributed by atoms with van der Waals surface area (Å²) in [6, 6.07) is 0. The summed E-state index contributed by atoms with van der Waals surface area (Å²) in [5.74, 6) is -0.00156. The Balaban J connectivity index is 2.88. The minimum Gasteiger partial charge on any atom is -0.354 e. The van der Waals surface area contributed by atoms with Crippen molar-refractivity contribution in [3.05, 3.63) is 16.4 Å². The number of nitrogens with zero attached hydrogens (tertiary/aromatic N) is 2. The number of hydrogen-bond acceptors (Lipinski definition) is 3. The van der Waals surface area contributed by atoms with Crippen molar-refractivity contribution in [1.29, 1.82) is 0 Å². The van der Waals surface area contributed by atoms with Gasteiger partial charge in [0.2, 0.25) is 5.91 Å². The van der Waals surface area contributed by atoms with Crippen molar-refractivity contribution < 1.29 is 18.0 Å². The van der Waals surface area contributed by atoms with E-state index in [0.29, 0.717) is 12.3 Å². The quantitative estimate of drug-likeness (QED) is 0.835. The van der Waals surface area contributed by atoms with E-state index in [2.05, 4.69) is 23.0 Å². The molecule has 0 saturated carbocycles. The lowest BCUT2D eigenvalue weighted by atomic mass is 10.3. The van der Waals surface area contributed by atoms with Gasteiger partial charge in [0.05, 0.1) is 10.7 Å². The first-order valence-corrected chi connectivity index (χ1v) is 5.96. The molecule has 9 heteroatoms. The van der Waals surface area contributed by atoms with E-state index in [1.165, 1.54) is 6.92 Å². The van der Waals surface area contributed by atoms with Gasteiger partial charge in [0.25, 0.3) is 0 Å². The minimum absolute atomic E-state index is 0.102. The maximum atomic E-state index is 12.5. The zero-order valence-corrected chi connectivity index (χ0v) is 11.0. The smallest absolute Gasteiger partial charge is 0.354 e. The van der Waals surface area contributed by atoms with Crippen LogP contribution in [-0.2, 0) is 17.5 Å². The van der Waals surface area contributed by atoms with E-state index < -0.39 is 22.8 Å². The van der Waals surface area contributed by atoms with Crippen LogP contribution in [0.3, 0.4) is 0 Å². The summed E-state index contributed by atoms with van der Waals surface area (Å²) in [6.45, 7) is 1.40. The Kier molecular flexibility index (Phi) is 4.92. The number of rotatable bonds is 4. The van der Waals surface area contributed by atoms with Crippen LogP contribution in [0.15, 0.2) is 0 Å².